The van der Waals surface area contributed by atoms with Crippen LogP contribution >= 0.6 is 0 Å². The fraction of sp³-hybridized carbons (Fsp3) is 0.188. The van der Waals surface area contributed by atoms with Gasteiger partial charge in [0.1, 0.15) is 11.8 Å². The van der Waals surface area contributed by atoms with E-state index in [2.05, 4.69) is 5.32 Å². The van der Waals surface area contributed by atoms with E-state index in [4.69, 9.17) is 0 Å². The van der Waals surface area contributed by atoms with Crippen LogP contribution in [-0.4, -0.2) is 29.2 Å². The lowest BCUT2D eigenvalue weighted by molar-refractivity contribution is -0.140. The fourth-order valence-electron chi connectivity index (χ4n) is 2.29. The Labute approximate surface area is 139 Å². The van der Waals surface area contributed by atoms with Crippen LogP contribution in [0.5, 0.6) is 5.75 Å². The monoisotopic (exact) mass is 351 g/mol. The van der Waals surface area contributed by atoms with Crippen LogP contribution in [0.2, 0.25) is 0 Å². The van der Waals surface area contributed by atoms with Gasteiger partial charge in [-0.3, -0.25) is 14.7 Å². The average molecular weight is 351 g/mol. The molecule has 8 heteroatoms. The van der Waals surface area contributed by atoms with Crippen LogP contribution in [0.25, 0.3) is 0 Å². The third-order valence-corrected chi connectivity index (χ3v) is 5.12. The third kappa shape index (κ3) is 3.56. The molecular weight excluding hydrogens is 334 g/mol. The molecule has 1 unspecified atom stereocenters. The molecule has 2 aromatic rings. The molecule has 0 aliphatic carbocycles. The first-order valence-electron chi connectivity index (χ1n) is 6.97. The van der Waals surface area contributed by atoms with Crippen molar-refractivity contribution in [2.75, 3.05) is 0 Å². The number of aromatic hydroxyl groups is 1. The summed E-state index contributed by atoms with van der Waals surface area (Å²) in [6.07, 6.45) is 0. The van der Waals surface area contributed by atoms with Gasteiger partial charge in [-0.25, -0.2) is 0 Å². The maximum Gasteiger partial charge on any atom is 0.325 e. The summed E-state index contributed by atoms with van der Waals surface area (Å²) in [4.78, 5) is 9.59. The van der Waals surface area contributed by atoms with Gasteiger partial charge in [-0.1, -0.05) is 42.5 Å². The summed E-state index contributed by atoms with van der Waals surface area (Å²) in [6, 6.07) is 11.6. The summed E-state index contributed by atoms with van der Waals surface area (Å²) in [7, 11) is -4.69. The van der Waals surface area contributed by atoms with Crippen LogP contribution in [0.3, 0.4) is 0 Å². The Hall–Kier alpha value is -2.42. The molecule has 0 amide bonds. The van der Waals surface area contributed by atoms with Crippen LogP contribution in [-0.2, 0) is 19.8 Å². The molecule has 0 bridgehead atoms. The van der Waals surface area contributed by atoms with E-state index in [1.54, 1.807) is 18.2 Å². The predicted octanol–water partition coefficient (Wildman–Crippen LogP) is 1.87. The minimum Gasteiger partial charge on any atom is -0.508 e. The molecule has 0 saturated carbocycles. The average Bonchev–Trinajstić information content (AvgIpc) is 2.53. The second-order valence-corrected chi connectivity index (χ2v) is 7.15. The molecule has 2 rings (SSSR count). The molecule has 2 aromatic carbocycles. The van der Waals surface area contributed by atoms with E-state index in [0.29, 0.717) is 0 Å². The summed E-state index contributed by atoms with van der Waals surface area (Å²) in [5.41, 5.74) is 0.420. The Kier molecular flexibility index (Phi) is 4.93. The number of carbonyl (C=O) groups is 1. The van der Waals surface area contributed by atoms with Gasteiger partial charge in [-0.2, -0.15) is 8.42 Å². The molecule has 0 heterocycles. The Morgan fingerprint density at radius 1 is 1.08 bits per heavy atom. The SMILES string of the molecule is CC(N[C@@H](C(=O)O)c1ccc(O)cc1)(c1ccccc1)S(=O)(=O)O. The molecule has 0 saturated heterocycles. The van der Waals surface area contributed by atoms with Crippen LogP contribution in [0.15, 0.2) is 54.6 Å². The van der Waals surface area contributed by atoms with E-state index < -0.39 is 27.0 Å². The number of phenols is 1. The summed E-state index contributed by atoms with van der Waals surface area (Å²) in [5, 5.41) is 21.3. The number of nitrogens with one attached hydrogen (secondary N) is 1. The van der Waals surface area contributed by atoms with Gasteiger partial charge in [0, 0.05) is 0 Å². The number of hydrogen-bond acceptors (Lipinski definition) is 5. The summed E-state index contributed by atoms with van der Waals surface area (Å²) >= 11 is 0. The molecular formula is C16H17NO6S. The highest BCUT2D eigenvalue weighted by Crippen LogP contribution is 2.30. The van der Waals surface area contributed by atoms with Gasteiger partial charge in [0.25, 0.3) is 10.1 Å². The number of carboxylic acids is 1. The summed E-state index contributed by atoms with van der Waals surface area (Å²) < 4.78 is 33.6. The highest BCUT2D eigenvalue weighted by atomic mass is 32.2. The van der Waals surface area contributed by atoms with Crippen molar-refractivity contribution in [3.05, 3.63) is 65.7 Å². The topological polar surface area (TPSA) is 124 Å². The van der Waals surface area contributed by atoms with E-state index in [9.17, 15) is 28.0 Å². The number of hydrogen-bond donors (Lipinski definition) is 4. The van der Waals surface area contributed by atoms with Gasteiger partial charge in [0.2, 0.25) is 0 Å². The third-order valence-electron chi connectivity index (χ3n) is 3.73. The van der Waals surface area contributed by atoms with Crippen molar-refractivity contribution >= 4 is 16.1 Å². The fourth-order valence-corrected chi connectivity index (χ4v) is 2.99. The Morgan fingerprint density at radius 2 is 1.62 bits per heavy atom. The molecule has 0 fully saturated rings. The first-order valence-corrected chi connectivity index (χ1v) is 8.41. The highest BCUT2D eigenvalue weighted by molar-refractivity contribution is 7.86. The van der Waals surface area contributed by atoms with E-state index in [1.165, 1.54) is 43.3 Å². The van der Waals surface area contributed by atoms with E-state index >= 15 is 0 Å². The number of benzene rings is 2. The molecule has 0 spiro atoms. The van der Waals surface area contributed by atoms with Gasteiger partial charge in [-0.05, 0) is 30.2 Å². The predicted molar refractivity (Wildman–Crippen MR) is 87.0 cm³/mol. The van der Waals surface area contributed by atoms with Crippen molar-refractivity contribution in [3.8, 4) is 5.75 Å². The minimum absolute atomic E-state index is 0.0523. The lowest BCUT2D eigenvalue weighted by atomic mass is 10.0. The quantitative estimate of drug-likeness (QED) is 0.586. The van der Waals surface area contributed by atoms with Crippen molar-refractivity contribution in [2.24, 2.45) is 0 Å². The van der Waals surface area contributed by atoms with Crippen molar-refractivity contribution in [3.63, 3.8) is 0 Å². The second-order valence-electron chi connectivity index (χ2n) is 5.38. The van der Waals surface area contributed by atoms with Crippen molar-refractivity contribution in [1.29, 1.82) is 0 Å². The largest absolute Gasteiger partial charge is 0.508 e. The Bertz CT molecular complexity index is 819. The van der Waals surface area contributed by atoms with Gasteiger partial charge >= 0.3 is 5.97 Å². The lowest BCUT2D eigenvalue weighted by Crippen LogP contribution is -2.49. The first kappa shape index (κ1) is 17.9. The molecule has 0 aromatic heterocycles. The maximum atomic E-state index is 12.0. The molecule has 2 atom stereocenters. The van der Waals surface area contributed by atoms with E-state index in [1.807, 2.05) is 0 Å². The van der Waals surface area contributed by atoms with Gasteiger partial charge in [0.05, 0.1) is 0 Å². The van der Waals surface area contributed by atoms with Crippen LogP contribution in [0, 0.1) is 0 Å². The normalized spacial score (nSPS) is 15.4. The highest BCUT2D eigenvalue weighted by Gasteiger charge is 2.43. The zero-order chi connectivity index (χ0) is 18.0. The van der Waals surface area contributed by atoms with E-state index in [-0.39, 0.29) is 16.9 Å². The molecule has 0 aliphatic rings. The first-order chi connectivity index (χ1) is 11.1. The minimum atomic E-state index is -4.69. The Balaban J connectivity index is 2.51. The Morgan fingerprint density at radius 3 is 2.08 bits per heavy atom. The van der Waals surface area contributed by atoms with Crippen molar-refractivity contribution in [2.45, 2.75) is 17.8 Å². The summed E-state index contributed by atoms with van der Waals surface area (Å²) in [6.45, 7) is 1.19. The zero-order valence-corrected chi connectivity index (χ0v) is 13.6. The number of carboxylic acid groups (broad SMARTS) is 1. The van der Waals surface area contributed by atoms with Gasteiger partial charge in [0.15, 0.2) is 4.87 Å². The van der Waals surface area contributed by atoms with Crippen LogP contribution in [0.1, 0.15) is 24.1 Å². The smallest absolute Gasteiger partial charge is 0.325 e. The zero-order valence-electron chi connectivity index (χ0n) is 12.7. The summed E-state index contributed by atoms with van der Waals surface area (Å²) in [5.74, 6) is -1.38. The van der Waals surface area contributed by atoms with Crippen LogP contribution in [0.4, 0.5) is 0 Å². The number of aliphatic carboxylic acids is 1. The van der Waals surface area contributed by atoms with E-state index in [0.717, 1.165) is 0 Å². The van der Waals surface area contributed by atoms with Crippen LogP contribution < -0.4 is 5.32 Å². The molecule has 0 aliphatic heterocycles. The van der Waals surface area contributed by atoms with Gasteiger partial charge in [-0.15, -0.1) is 0 Å². The molecule has 7 nitrogen and oxygen atoms in total. The molecule has 4 N–H and O–H groups in total. The van der Waals surface area contributed by atoms with Gasteiger partial charge < -0.3 is 10.2 Å². The molecule has 0 radical (unpaired) electrons. The van der Waals surface area contributed by atoms with Crippen molar-refractivity contribution in [1.82, 2.24) is 5.32 Å². The molecule has 128 valence electrons. The second kappa shape index (κ2) is 6.60. The standard InChI is InChI=1S/C16H17NO6S/c1-16(24(21,22)23,12-5-3-2-4-6-12)17-14(15(19)20)11-7-9-13(18)10-8-11/h2-10,14,17-18H,1H3,(H,19,20)(H,21,22,23)/t14-,16?/m1/s1. The van der Waals surface area contributed by atoms with Crippen molar-refractivity contribution < 1.29 is 28.0 Å². The molecule has 24 heavy (non-hydrogen) atoms. The number of phenolic OH excluding ortho intramolecular Hbond substituents is 1. The maximum absolute atomic E-state index is 12.0. The lowest BCUT2D eigenvalue weighted by Gasteiger charge is -2.31. The number of rotatable bonds is 6.